The number of benzene rings is 2. The Hall–Kier alpha value is -2.99. The van der Waals surface area contributed by atoms with E-state index in [0.29, 0.717) is 19.6 Å². The average Bonchev–Trinajstić information content (AvgIpc) is 3.28. The van der Waals surface area contributed by atoms with Gasteiger partial charge in [-0.05, 0) is 87.9 Å². The van der Waals surface area contributed by atoms with E-state index < -0.39 is 0 Å². The van der Waals surface area contributed by atoms with Crippen molar-refractivity contribution in [1.82, 2.24) is 9.91 Å². The average molecular weight is 476 g/mol. The number of carbonyl (C=O) groups is 2. The van der Waals surface area contributed by atoms with Crippen LogP contribution < -0.4 is 0 Å². The molecule has 2 aliphatic rings. The van der Waals surface area contributed by atoms with Crippen molar-refractivity contribution in [2.45, 2.75) is 59.9 Å². The highest BCUT2D eigenvalue weighted by Gasteiger charge is 2.36. The first-order valence-electron chi connectivity index (χ1n) is 12.7. The number of hydrazone groups is 1. The van der Waals surface area contributed by atoms with Crippen LogP contribution in [-0.4, -0.2) is 53.7 Å². The molecule has 1 amide bonds. The minimum Gasteiger partial charge on any atom is -0.466 e. The highest BCUT2D eigenvalue weighted by Crippen LogP contribution is 2.35. The Morgan fingerprint density at radius 3 is 2.54 bits per heavy atom. The second kappa shape index (κ2) is 10.7. The van der Waals surface area contributed by atoms with E-state index in [1.807, 2.05) is 6.92 Å². The zero-order chi connectivity index (χ0) is 25.1. The maximum atomic E-state index is 13.7. The number of rotatable bonds is 6. The van der Waals surface area contributed by atoms with E-state index in [4.69, 9.17) is 9.84 Å². The van der Waals surface area contributed by atoms with Crippen molar-refractivity contribution in [3.05, 3.63) is 69.8 Å². The van der Waals surface area contributed by atoms with Gasteiger partial charge in [-0.1, -0.05) is 35.9 Å². The molecule has 6 nitrogen and oxygen atoms in total. The molecule has 0 bridgehead atoms. The molecular weight excluding hydrogens is 438 g/mol. The highest BCUT2D eigenvalue weighted by molar-refractivity contribution is 6.03. The van der Waals surface area contributed by atoms with Gasteiger partial charge in [0.1, 0.15) is 0 Å². The largest absolute Gasteiger partial charge is 0.466 e. The first kappa shape index (κ1) is 25.1. The molecule has 0 radical (unpaired) electrons. The fourth-order valence-corrected chi connectivity index (χ4v) is 5.11. The van der Waals surface area contributed by atoms with E-state index in [0.717, 1.165) is 41.8 Å². The maximum Gasteiger partial charge on any atom is 0.310 e. The molecule has 2 aromatic rings. The quantitative estimate of drug-likeness (QED) is 0.559. The second-order valence-corrected chi connectivity index (χ2v) is 9.99. The van der Waals surface area contributed by atoms with E-state index in [-0.39, 0.29) is 30.4 Å². The third-order valence-corrected chi connectivity index (χ3v) is 7.28. The summed E-state index contributed by atoms with van der Waals surface area (Å²) in [5, 5.41) is 6.58. The summed E-state index contributed by atoms with van der Waals surface area (Å²) < 4.78 is 5.23. The van der Waals surface area contributed by atoms with Crippen LogP contribution in [0.25, 0.3) is 0 Å². The van der Waals surface area contributed by atoms with Crippen molar-refractivity contribution in [3.8, 4) is 0 Å². The Balaban J connectivity index is 1.59. The molecule has 1 fully saturated rings. The van der Waals surface area contributed by atoms with Crippen LogP contribution in [0.3, 0.4) is 0 Å². The monoisotopic (exact) mass is 475 g/mol. The van der Waals surface area contributed by atoms with Crippen molar-refractivity contribution in [2.24, 2.45) is 11.0 Å². The fourth-order valence-electron chi connectivity index (χ4n) is 5.11. The number of piperidine rings is 1. The normalized spacial score (nSPS) is 20.6. The van der Waals surface area contributed by atoms with Crippen molar-refractivity contribution < 1.29 is 14.3 Å². The Bertz CT molecular complexity index is 1140. The number of aryl methyl sites for hydroxylation is 4. The Morgan fingerprint density at radius 1 is 1.03 bits per heavy atom. The molecule has 2 aliphatic heterocycles. The zero-order valence-electron chi connectivity index (χ0n) is 21.6. The third-order valence-electron chi connectivity index (χ3n) is 7.28. The first-order chi connectivity index (χ1) is 16.8. The molecule has 1 saturated heterocycles. The summed E-state index contributed by atoms with van der Waals surface area (Å²) in [6, 6.07) is 12.7. The number of likely N-dealkylation sites (tertiary alicyclic amines) is 1. The van der Waals surface area contributed by atoms with Crippen LogP contribution in [0.4, 0.5) is 0 Å². The topological polar surface area (TPSA) is 62.2 Å². The SMILES string of the molecule is CCOC(=O)[C@H]1CCCN(CC(=O)N2N=C(c3ccc(C)c(C)c3)C[C@@H]2c2cc(C)ccc2C)C1. The van der Waals surface area contributed by atoms with E-state index in [1.54, 1.807) is 5.01 Å². The summed E-state index contributed by atoms with van der Waals surface area (Å²) in [5.74, 6) is -0.354. The lowest BCUT2D eigenvalue weighted by Gasteiger charge is -2.32. The predicted octanol–water partition coefficient (Wildman–Crippen LogP) is 4.87. The molecule has 35 heavy (non-hydrogen) atoms. The second-order valence-electron chi connectivity index (χ2n) is 9.99. The third kappa shape index (κ3) is 5.64. The van der Waals surface area contributed by atoms with Crippen molar-refractivity contribution in [3.63, 3.8) is 0 Å². The van der Waals surface area contributed by atoms with Gasteiger partial charge in [-0.2, -0.15) is 5.10 Å². The number of carbonyl (C=O) groups excluding carboxylic acids is 2. The van der Waals surface area contributed by atoms with Gasteiger partial charge in [0.2, 0.25) is 0 Å². The van der Waals surface area contributed by atoms with E-state index in [2.05, 4.69) is 69.0 Å². The van der Waals surface area contributed by atoms with Gasteiger partial charge in [-0.15, -0.1) is 0 Å². The smallest absolute Gasteiger partial charge is 0.310 e. The summed E-state index contributed by atoms with van der Waals surface area (Å²) in [7, 11) is 0. The van der Waals surface area contributed by atoms with Crippen LogP contribution in [0.2, 0.25) is 0 Å². The summed E-state index contributed by atoms with van der Waals surface area (Å²) in [6.07, 6.45) is 2.38. The molecule has 2 heterocycles. The van der Waals surface area contributed by atoms with Crippen LogP contribution in [-0.2, 0) is 14.3 Å². The van der Waals surface area contributed by atoms with Crippen molar-refractivity contribution >= 4 is 17.6 Å². The minimum absolute atomic E-state index is 0.0285. The number of ether oxygens (including phenoxy) is 1. The summed E-state index contributed by atoms with van der Waals surface area (Å²) in [6.45, 7) is 12.2. The lowest BCUT2D eigenvalue weighted by atomic mass is 9.93. The summed E-state index contributed by atoms with van der Waals surface area (Å²) in [4.78, 5) is 28.0. The minimum atomic E-state index is -0.167. The van der Waals surface area contributed by atoms with E-state index in [9.17, 15) is 9.59 Å². The van der Waals surface area contributed by atoms with E-state index in [1.165, 1.54) is 16.7 Å². The van der Waals surface area contributed by atoms with Crippen molar-refractivity contribution in [2.75, 3.05) is 26.2 Å². The van der Waals surface area contributed by atoms with Crippen LogP contribution >= 0.6 is 0 Å². The molecule has 2 atom stereocenters. The molecule has 186 valence electrons. The number of amides is 1. The van der Waals surface area contributed by atoms with Gasteiger partial charge < -0.3 is 4.74 Å². The van der Waals surface area contributed by atoms with Crippen LogP contribution in [0.1, 0.15) is 65.6 Å². The van der Waals surface area contributed by atoms with Crippen molar-refractivity contribution in [1.29, 1.82) is 0 Å². The molecule has 0 aliphatic carbocycles. The van der Waals surface area contributed by atoms with Crippen LogP contribution in [0.15, 0.2) is 41.5 Å². The van der Waals surface area contributed by atoms with Crippen LogP contribution in [0.5, 0.6) is 0 Å². The zero-order valence-corrected chi connectivity index (χ0v) is 21.6. The highest BCUT2D eigenvalue weighted by atomic mass is 16.5. The number of nitrogens with zero attached hydrogens (tertiary/aromatic N) is 3. The summed E-state index contributed by atoms with van der Waals surface area (Å²) >= 11 is 0. The van der Waals surface area contributed by atoms with Gasteiger partial charge in [0, 0.05) is 13.0 Å². The van der Waals surface area contributed by atoms with Crippen LogP contribution in [0, 0.1) is 33.6 Å². The standard InChI is InChI=1S/C29H37N3O3/c1-6-35-29(34)24-8-7-13-31(17-24)18-28(33)32-27(25-14-19(2)9-10-21(25)4)16-26(30-32)23-12-11-20(3)22(5)15-23/h9-12,14-15,24,27H,6-8,13,16-18H2,1-5H3/t24-,27+/m0/s1. The Morgan fingerprint density at radius 2 is 1.80 bits per heavy atom. The summed E-state index contributed by atoms with van der Waals surface area (Å²) in [5.41, 5.74) is 7.95. The molecule has 0 aromatic heterocycles. The van der Waals surface area contributed by atoms with Gasteiger partial charge in [0.25, 0.3) is 5.91 Å². The Kier molecular flexibility index (Phi) is 7.70. The lowest BCUT2D eigenvalue weighted by molar-refractivity contribution is -0.150. The van der Waals surface area contributed by atoms with Gasteiger partial charge >= 0.3 is 5.97 Å². The molecule has 0 saturated carbocycles. The Labute approximate surface area is 209 Å². The number of hydrogen-bond acceptors (Lipinski definition) is 5. The maximum absolute atomic E-state index is 13.7. The molecule has 0 N–H and O–H groups in total. The molecular formula is C29H37N3O3. The van der Waals surface area contributed by atoms with Gasteiger partial charge in [0.05, 0.1) is 30.8 Å². The van der Waals surface area contributed by atoms with E-state index >= 15 is 0 Å². The molecule has 6 heteroatoms. The van der Waals surface area contributed by atoms with Gasteiger partial charge in [-0.25, -0.2) is 5.01 Å². The van der Waals surface area contributed by atoms with Gasteiger partial charge in [0.15, 0.2) is 0 Å². The molecule has 4 rings (SSSR count). The molecule has 2 aromatic carbocycles. The molecule has 0 unspecified atom stereocenters. The lowest BCUT2D eigenvalue weighted by Crippen LogP contribution is -2.44. The fraction of sp³-hybridized carbons (Fsp3) is 0.483. The number of esters is 1. The van der Waals surface area contributed by atoms with Gasteiger partial charge in [-0.3, -0.25) is 14.5 Å². The number of hydrogen-bond donors (Lipinski definition) is 0. The predicted molar refractivity (Wildman–Crippen MR) is 138 cm³/mol. The molecule has 0 spiro atoms. The first-order valence-corrected chi connectivity index (χ1v) is 12.7.